The first-order valence-electron chi connectivity index (χ1n) is 11.7. The van der Waals surface area contributed by atoms with Crippen LogP contribution in [-0.4, -0.2) is 0 Å². The Morgan fingerprint density at radius 1 is 1.08 bits per heavy atom. The predicted octanol–water partition coefficient (Wildman–Crippen LogP) is 6.90. The van der Waals surface area contributed by atoms with Crippen molar-refractivity contribution in [2.24, 2.45) is 11.8 Å². The third-order valence-corrected chi connectivity index (χ3v) is 5.54. The van der Waals surface area contributed by atoms with E-state index in [0.29, 0.717) is 5.92 Å². The van der Waals surface area contributed by atoms with E-state index < -0.39 is 17.9 Å². The van der Waals surface area contributed by atoms with E-state index in [9.17, 15) is 4.39 Å². The van der Waals surface area contributed by atoms with E-state index in [1.807, 2.05) is 6.07 Å². The second kappa shape index (κ2) is 8.99. The molecule has 26 heavy (non-hydrogen) atoms. The molecular weight excluding hydrogens is 321 g/mol. The molecule has 0 bridgehead atoms. The molecule has 0 heterocycles. The van der Waals surface area contributed by atoms with Gasteiger partial charge in [0.25, 0.3) is 0 Å². The number of halogens is 1. The summed E-state index contributed by atoms with van der Waals surface area (Å²) in [5.41, 5.74) is 0.512. The van der Waals surface area contributed by atoms with Gasteiger partial charge >= 0.3 is 0 Å². The minimum Gasteiger partial charge on any atom is -0.206 e. The summed E-state index contributed by atoms with van der Waals surface area (Å²) in [7, 11) is 0. The van der Waals surface area contributed by atoms with Crippen LogP contribution in [0, 0.1) is 29.0 Å². The van der Waals surface area contributed by atoms with Crippen LogP contribution in [-0.2, 0) is 6.42 Å². The molecule has 0 N–H and O–H groups in total. The van der Waals surface area contributed by atoms with Crippen LogP contribution in [0.25, 0.3) is 11.1 Å². The molecule has 1 nitrogen and oxygen atoms in total. The number of nitrogens with zero attached hydrogens (tertiary/aromatic N) is 1. The predicted molar refractivity (Wildman–Crippen MR) is 105 cm³/mol. The maximum atomic E-state index is 14.9. The Bertz CT molecular complexity index is 930. The third-order valence-electron chi connectivity index (χ3n) is 5.54. The summed E-state index contributed by atoms with van der Waals surface area (Å²) < 4.78 is 47.0. The summed E-state index contributed by atoms with van der Waals surface area (Å²) in [4.78, 5) is 0. The number of hydrogen-bond acceptors (Lipinski definition) is 1. The fourth-order valence-electron chi connectivity index (χ4n) is 4.01. The first-order chi connectivity index (χ1) is 14.4. The summed E-state index contributed by atoms with van der Waals surface area (Å²) in [6.07, 6.45) is 9.51. The van der Waals surface area contributed by atoms with Crippen molar-refractivity contribution in [2.45, 2.75) is 58.3 Å². The van der Waals surface area contributed by atoms with E-state index in [1.54, 1.807) is 12.1 Å². The molecular formula is C24H28FN. The molecule has 0 aromatic heterocycles. The largest absolute Gasteiger partial charge is 0.206 e. The first-order valence-corrected chi connectivity index (χ1v) is 9.66. The zero-order valence-corrected chi connectivity index (χ0v) is 15.4. The topological polar surface area (TPSA) is 23.8 Å². The van der Waals surface area contributed by atoms with Gasteiger partial charge in [0.2, 0.25) is 0 Å². The van der Waals surface area contributed by atoms with Crippen molar-refractivity contribution in [1.82, 2.24) is 0 Å². The van der Waals surface area contributed by atoms with Gasteiger partial charge in [0.1, 0.15) is 5.82 Å². The van der Waals surface area contributed by atoms with Crippen LogP contribution in [0.2, 0.25) is 0 Å². The van der Waals surface area contributed by atoms with Crippen molar-refractivity contribution < 1.29 is 9.87 Å². The van der Waals surface area contributed by atoms with Gasteiger partial charge in [0, 0.05) is 5.56 Å². The lowest BCUT2D eigenvalue weighted by Crippen LogP contribution is -2.15. The lowest BCUT2D eigenvalue weighted by molar-refractivity contribution is 0.252. The highest BCUT2D eigenvalue weighted by atomic mass is 19.1. The minimum absolute atomic E-state index is 0.0420. The van der Waals surface area contributed by atoms with Crippen LogP contribution >= 0.6 is 0 Å². The lowest BCUT2D eigenvalue weighted by Gasteiger charge is -2.28. The molecule has 1 aliphatic rings. The Kier molecular flexibility index (Phi) is 4.83. The highest BCUT2D eigenvalue weighted by molar-refractivity contribution is 5.65. The van der Waals surface area contributed by atoms with E-state index in [1.165, 1.54) is 44.6 Å². The van der Waals surface area contributed by atoms with Gasteiger partial charge in [-0.05, 0) is 54.0 Å². The Balaban J connectivity index is 1.75. The van der Waals surface area contributed by atoms with E-state index in [-0.39, 0.29) is 28.8 Å². The van der Waals surface area contributed by atoms with Gasteiger partial charge in [-0.15, -0.1) is 0 Å². The molecule has 0 spiro atoms. The Hall–Kier alpha value is -2.14. The normalized spacial score (nSPS) is 22.0. The molecule has 0 radical (unpaired) electrons. The van der Waals surface area contributed by atoms with Gasteiger partial charge in [-0.25, -0.2) is 4.39 Å². The monoisotopic (exact) mass is 353 g/mol. The van der Waals surface area contributed by atoms with E-state index in [4.69, 9.17) is 10.7 Å². The van der Waals surface area contributed by atoms with Crippen molar-refractivity contribution in [3.63, 3.8) is 0 Å². The first kappa shape index (κ1) is 14.0. The van der Waals surface area contributed by atoms with Crippen molar-refractivity contribution in [2.75, 3.05) is 0 Å². The zero-order valence-electron chi connectivity index (χ0n) is 19.4. The quantitative estimate of drug-likeness (QED) is 0.554. The molecule has 0 atom stereocenters. The molecule has 0 unspecified atom stereocenters. The van der Waals surface area contributed by atoms with Crippen molar-refractivity contribution in [3.8, 4) is 17.2 Å². The fourth-order valence-corrected chi connectivity index (χ4v) is 4.01. The molecule has 1 aliphatic carbocycles. The Labute approximate surface area is 162 Å². The second-order valence-corrected chi connectivity index (χ2v) is 7.39. The van der Waals surface area contributed by atoms with Gasteiger partial charge in [-0.3, -0.25) is 0 Å². The number of benzene rings is 2. The molecule has 1 fully saturated rings. The van der Waals surface area contributed by atoms with Crippen molar-refractivity contribution in [3.05, 3.63) is 59.3 Å². The maximum absolute atomic E-state index is 14.9. The van der Waals surface area contributed by atoms with Crippen molar-refractivity contribution in [1.29, 1.82) is 5.26 Å². The highest BCUT2D eigenvalue weighted by Crippen LogP contribution is 2.34. The minimum atomic E-state index is -0.551. The van der Waals surface area contributed by atoms with Crippen LogP contribution in [0.15, 0.2) is 42.4 Å². The zero-order chi connectivity index (χ0) is 21.8. The van der Waals surface area contributed by atoms with Crippen molar-refractivity contribution >= 4 is 0 Å². The van der Waals surface area contributed by atoms with Gasteiger partial charge in [0.15, 0.2) is 0 Å². The maximum Gasteiger partial charge on any atom is 0.131 e. The van der Waals surface area contributed by atoms with E-state index in [0.717, 1.165) is 24.3 Å². The van der Waals surface area contributed by atoms with E-state index >= 15 is 0 Å². The smallest absolute Gasteiger partial charge is 0.131 e. The summed E-state index contributed by atoms with van der Waals surface area (Å²) in [6, 6.07) is 4.85. The van der Waals surface area contributed by atoms with E-state index in [2.05, 4.69) is 6.92 Å². The molecule has 3 rings (SSSR count). The number of rotatable bonds is 6. The van der Waals surface area contributed by atoms with Crippen LogP contribution in [0.1, 0.15) is 68.5 Å². The molecule has 0 amide bonds. The van der Waals surface area contributed by atoms with Gasteiger partial charge in [0.05, 0.1) is 17.1 Å². The second-order valence-electron chi connectivity index (χ2n) is 7.39. The summed E-state index contributed by atoms with van der Waals surface area (Å²) >= 11 is 0. The van der Waals surface area contributed by atoms with Gasteiger partial charge in [-0.1, -0.05) is 69.7 Å². The van der Waals surface area contributed by atoms with Crippen LogP contribution in [0.4, 0.5) is 4.39 Å². The number of nitriles is 1. The molecule has 0 saturated heterocycles. The van der Waals surface area contributed by atoms with Gasteiger partial charge < -0.3 is 0 Å². The Morgan fingerprint density at radius 2 is 1.73 bits per heavy atom. The standard InChI is InChI=1S/C24H28FN/c1-2-3-18-4-6-19(7-5-18)8-9-20-12-15-23(24(25)16-20)22-13-10-21(17-26)11-14-22/h10-16,18-19H,2-9H2,1H3/i10D,11D,13D,14D. The van der Waals surface area contributed by atoms with Crippen LogP contribution in [0.5, 0.6) is 0 Å². The van der Waals surface area contributed by atoms with Crippen LogP contribution in [0.3, 0.4) is 0 Å². The molecule has 2 aromatic rings. The SMILES string of the molecule is [2H]c1c([2H])c(-c2ccc(CCC3CCC(CCC)CC3)cc2F)c([2H])c([2H])c1C#N. The third kappa shape index (κ3) is 4.73. The average Bonchev–Trinajstić information content (AvgIpc) is 2.74. The molecule has 2 heteroatoms. The summed E-state index contributed by atoms with van der Waals surface area (Å²) in [6.45, 7) is 2.24. The summed E-state index contributed by atoms with van der Waals surface area (Å²) in [5, 5.41) is 9.08. The molecule has 2 aromatic carbocycles. The number of hydrogen-bond donors (Lipinski definition) is 0. The summed E-state index contributed by atoms with van der Waals surface area (Å²) in [5.74, 6) is 1.01. The van der Waals surface area contributed by atoms with Crippen LogP contribution < -0.4 is 0 Å². The highest BCUT2D eigenvalue weighted by Gasteiger charge is 2.20. The lowest BCUT2D eigenvalue weighted by atomic mass is 9.78. The fraction of sp³-hybridized carbons (Fsp3) is 0.458. The average molecular weight is 354 g/mol. The molecule has 0 aliphatic heterocycles. The molecule has 1 saturated carbocycles. The Morgan fingerprint density at radius 3 is 2.31 bits per heavy atom. The number of aryl methyl sites for hydroxylation is 1. The van der Waals surface area contributed by atoms with Gasteiger partial charge in [-0.2, -0.15) is 5.26 Å². The molecule has 136 valence electrons.